The predicted molar refractivity (Wildman–Crippen MR) is 112 cm³/mol. The van der Waals surface area contributed by atoms with Gasteiger partial charge in [0.2, 0.25) is 0 Å². The van der Waals surface area contributed by atoms with Crippen LogP contribution in [0.5, 0.6) is 11.5 Å². The molecule has 0 aliphatic rings. The highest BCUT2D eigenvalue weighted by atomic mass is 16.5. The van der Waals surface area contributed by atoms with Gasteiger partial charge in [0.05, 0.1) is 30.3 Å². The largest absolute Gasteiger partial charge is 0.493 e. The third kappa shape index (κ3) is 4.51. The van der Waals surface area contributed by atoms with Crippen LogP contribution in [0.2, 0.25) is 0 Å². The van der Waals surface area contributed by atoms with Crippen LogP contribution in [0.4, 0.5) is 5.69 Å². The summed E-state index contributed by atoms with van der Waals surface area (Å²) in [5.74, 6) is 1.40. The molecule has 1 aromatic heterocycles. The van der Waals surface area contributed by atoms with E-state index >= 15 is 0 Å². The van der Waals surface area contributed by atoms with Crippen molar-refractivity contribution in [1.29, 1.82) is 0 Å². The molecule has 4 heteroatoms. The third-order valence-corrected chi connectivity index (χ3v) is 4.87. The van der Waals surface area contributed by atoms with Gasteiger partial charge in [0.1, 0.15) is 0 Å². The molecule has 3 aromatic rings. The molecule has 0 saturated heterocycles. The minimum absolute atomic E-state index is 0.607. The maximum absolute atomic E-state index is 6.13. The van der Waals surface area contributed by atoms with Gasteiger partial charge in [-0.3, -0.25) is 4.98 Å². The van der Waals surface area contributed by atoms with Gasteiger partial charge in [0.15, 0.2) is 11.5 Å². The SMILES string of the molecule is COc1cc(N)c2nccc(C)c2c1OCCCCCc1ccc(C)cc1. The van der Waals surface area contributed by atoms with Crippen LogP contribution in [0.25, 0.3) is 10.9 Å². The number of unbranched alkanes of at least 4 members (excludes halogenated alkanes) is 2. The second-order valence-electron chi connectivity index (χ2n) is 6.99. The van der Waals surface area contributed by atoms with Gasteiger partial charge in [-0.2, -0.15) is 0 Å². The highest BCUT2D eigenvalue weighted by Gasteiger charge is 2.15. The maximum Gasteiger partial charge on any atom is 0.170 e. The summed E-state index contributed by atoms with van der Waals surface area (Å²) in [5, 5.41) is 0.939. The van der Waals surface area contributed by atoms with Gasteiger partial charge < -0.3 is 15.2 Å². The summed E-state index contributed by atoms with van der Waals surface area (Å²) >= 11 is 0. The van der Waals surface area contributed by atoms with Gasteiger partial charge in [-0.1, -0.05) is 29.8 Å². The van der Waals surface area contributed by atoms with Crippen LogP contribution < -0.4 is 15.2 Å². The molecule has 0 bridgehead atoms. The average Bonchev–Trinajstić information content (AvgIpc) is 2.67. The molecule has 0 aliphatic carbocycles. The first-order valence-electron chi connectivity index (χ1n) is 9.50. The van der Waals surface area contributed by atoms with E-state index in [0.717, 1.165) is 47.9 Å². The molecule has 4 nitrogen and oxygen atoms in total. The Morgan fingerprint density at radius 1 is 1.00 bits per heavy atom. The Kier molecular flexibility index (Phi) is 6.17. The Bertz CT molecular complexity index is 904. The van der Waals surface area contributed by atoms with Gasteiger partial charge >= 0.3 is 0 Å². The molecule has 0 fully saturated rings. The lowest BCUT2D eigenvalue weighted by atomic mass is 10.1. The van der Waals surface area contributed by atoms with E-state index in [-0.39, 0.29) is 0 Å². The van der Waals surface area contributed by atoms with Crippen molar-refractivity contribution in [1.82, 2.24) is 4.98 Å². The van der Waals surface area contributed by atoms with Crippen molar-refractivity contribution in [3.8, 4) is 11.5 Å². The van der Waals surface area contributed by atoms with Crippen LogP contribution in [-0.2, 0) is 6.42 Å². The molecule has 142 valence electrons. The Morgan fingerprint density at radius 3 is 2.52 bits per heavy atom. The Labute approximate surface area is 161 Å². The van der Waals surface area contributed by atoms with Crippen LogP contribution in [0.15, 0.2) is 42.6 Å². The van der Waals surface area contributed by atoms with Gasteiger partial charge in [-0.25, -0.2) is 0 Å². The molecule has 2 N–H and O–H groups in total. The highest BCUT2D eigenvalue weighted by molar-refractivity contribution is 5.98. The molecule has 0 radical (unpaired) electrons. The molecule has 27 heavy (non-hydrogen) atoms. The number of rotatable bonds is 8. The summed E-state index contributed by atoms with van der Waals surface area (Å²) in [6, 6.07) is 12.5. The number of nitrogens with zero attached hydrogens (tertiary/aromatic N) is 1. The standard InChI is InChI=1S/C23H28N2O2/c1-16-8-10-18(11-9-16)7-5-4-6-14-27-23-20(26-3)15-19(24)22-21(23)17(2)12-13-25-22/h8-13,15H,4-7,14,24H2,1-3H3. The van der Waals surface area contributed by atoms with E-state index in [2.05, 4.69) is 36.2 Å². The summed E-state index contributed by atoms with van der Waals surface area (Å²) < 4.78 is 11.6. The van der Waals surface area contributed by atoms with Gasteiger partial charge in [-0.05, 0) is 56.7 Å². The first-order valence-corrected chi connectivity index (χ1v) is 9.50. The van der Waals surface area contributed by atoms with E-state index in [9.17, 15) is 0 Å². The summed E-state index contributed by atoms with van der Waals surface area (Å²) in [5.41, 5.74) is 11.3. The van der Waals surface area contributed by atoms with E-state index in [1.807, 2.05) is 13.0 Å². The van der Waals surface area contributed by atoms with E-state index in [4.69, 9.17) is 15.2 Å². The zero-order chi connectivity index (χ0) is 19.2. The average molecular weight is 364 g/mol. The van der Waals surface area contributed by atoms with Gasteiger partial charge in [0.25, 0.3) is 0 Å². The second-order valence-corrected chi connectivity index (χ2v) is 6.99. The number of aryl methyl sites for hydroxylation is 3. The van der Waals surface area contributed by atoms with Gasteiger partial charge in [-0.15, -0.1) is 0 Å². The van der Waals surface area contributed by atoms with E-state index < -0.39 is 0 Å². The summed E-state index contributed by atoms with van der Waals surface area (Å²) in [4.78, 5) is 4.41. The smallest absolute Gasteiger partial charge is 0.170 e. The molecule has 3 rings (SSSR count). The summed E-state index contributed by atoms with van der Waals surface area (Å²) in [6.45, 7) is 4.81. The van der Waals surface area contributed by atoms with Crippen molar-refractivity contribution in [2.45, 2.75) is 39.5 Å². The number of hydrogen-bond donors (Lipinski definition) is 1. The van der Waals surface area contributed by atoms with Crippen LogP contribution in [0.3, 0.4) is 0 Å². The zero-order valence-electron chi connectivity index (χ0n) is 16.4. The monoisotopic (exact) mass is 364 g/mol. The minimum Gasteiger partial charge on any atom is -0.493 e. The van der Waals surface area contributed by atoms with Crippen molar-refractivity contribution < 1.29 is 9.47 Å². The van der Waals surface area contributed by atoms with Crippen LogP contribution in [0, 0.1) is 13.8 Å². The number of hydrogen-bond acceptors (Lipinski definition) is 4. The molecule has 0 amide bonds. The minimum atomic E-state index is 0.607. The van der Waals surface area contributed by atoms with Crippen LogP contribution in [-0.4, -0.2) is 18.7 Å². The number of aromatic nitrogens is 1. The lowest BCUT2D eigenvalue weighted by Crippen LogP contribution is -2.03. The molecular formula is C23H28N2O2. The third-order valence-electron chi connectivity index (χ3n) is 4.87. The maximum atomic E-state index is 6.13. The van der Waals surface area contributed by atoms with Crippen LogP contribution in [0.1, 0.15) is 36.0 Å². The fraction of sp³-hybridized carbons (Fsp3) is 0.348. The van der Waals surface area contributed by atoms with Crippen molar-refractivity contribution in [3.63, 3.8) is 0 Å². The zero-order valence-corrected chi connectivity index (χ0v) is 16.4. The summed E-state index contributed by atoms with van der Waals surface area (Å²) in [6.07, 6.45) is 6.17. The Balaban J connectivity index is 1.60. The highest BCUT2D eigenvalue weighted by Crippen LogP contribution is 2.40. The van der Waals surface area contributed by atoms with Crippen LogP contribution >= 0.6 is 0 Å². The summed E-state index contributed by atoms with van der Waals surface area (Å²) in [7, 11) is 1.64. The number of anilines is 1. The Hall–Kier alpha value is -2.75. The van der Waals surface area contributed by atoms with E-state index in [1.165, 1.54) is 11.1 Å². The number of methoxy groups -OCH3 is 1. The number of fused-ring (bicyclic) bond motifs is 1. The van der Waals surface area contributed by atoms with Crippen molar-refractivity contribution in [2.24, 2.45) is 0 Å². The fourth-order valence-electron chi connectivity index (χ4n) is 3.29. The van der Waals surface area contributed by atoms with E-state index in [0.29, 0.717) is 18.0 Å². The molecular weight excluding hydrogens is 336 g/mol. The molecule has 0 unspecified atom stereocenters. The number of ether oxygens (including phenoxy) is 2. The second kappa shape index (κ2) is 8.76. The number of benzene rings is 2. The predicted octanol–water partition coefficient (Wildman–Crippen LogP) is 5.23. The normalized spacial score (nSPS) is 10.9. The lowest BCUT2D eigenvalue weighted by Gasteiger charge is -2.16. The molecule has 0 aliphatic heterocycles. The number of nitrogens with two attached hydrogens (primary N) is 1. The van der Waals surface area contributed by atoms with Gasteiger partial charge in [0, 0.05) is 12.3 Å². The van der Waals surface area contributed by atoms with Crippen molar-refractivity contribution in [2.75, 3.05) is 19.5 Å². The lowest BCUT2D eigenvalue weighted by molar-refractivity contribution is 0.289. The first kappa shape index (κ1) is 19.0. The topological polar surface area (TPSA) is 57.4 Å². The fourth-order valence-corrected chi connectivity index (χ4v) is 3.29. The van der Waals surface area contributed by atoms with Crippen molar-refractivity contribution in [3.05, 3.63) is 59.3 Å². The number of pyridine rings is 1. The van der Waals surface area contributed by atoms with Crippen molar-refractivity contribution >= 4 is 16.6 Å². The first-order chi connectivity index (χ1) is 13.1. The van der Waals surface area contributed by atoms with E-state index in [1.54, 1.807) is 19.4 Å². The molecule has 1 heterocycles. The molecule has 2 aromatic carbocycles. The molecule has 0 saturated carbocycles. The Morgan fingerprint density at radius 2 is 1.78 bits per heavy atom. The quantitative estimate of drug-likeness (QED) is 0.439. The molecule has 0 atom stereocenters. The molecule has 0 spiro atoms. The number of nitrogen functional groups attached to an aromatic ring is 1.